The van der Waals surface area contributed by atoms with Crippen molar-refractivity contribution in [1.29, 1.82) is 0 Å². The lowest BCUT2D eigenvalue weighted by Crippen LogP contribution is -2.22. The Labute approximate surface area is 202 Å². The zero-order valence-electron chi connectivity index (χ0n) is 18.3. The van der Waals surface area contributed by atoms with E-state index in [1.165, 1.54) is 12.1 Å². The SMILES string of the molecule is O=C(NCc1ccc(OCc2ccc(F)cc2)cc1)c1cccc(OCc2ccccc2Cl)c1. The number of benzene rings is 4. The molecule has 1 amide bonds. The molecule has 0 radical (unpaired) electrons. The Morgan fingerprint density at radius 2 is 1.47 bits per heavy atom. The Balaban J connectivity index is 1.27. The molecule has 0 atom stereocenters. The number of halogens is 2. The predicted octanol–water partition coefficient (Wildman–Crippen LogP) is 6.57. The number of carbonyl (C=O) groups excluding carboxylic acids is 1. The van der Waals surface area contributed by atoms with Crippen molar-refractivity contribution in [3.05, 3.63) is 130 Å². The van der Waals surface area contributed by atoms with Gasteiger partial charge in [0.05, 0.1) is 0 Å². The van der Waals surface area contributed by atoms with Crippen molar-refractivity contribution in [1.82, 2.24) is 5.32 Å². The molecular weight excluding hydrogens is 453 g/mol. The topological polar surface area (TPSA) is 47.6 Å². The number of hydrogen-bond donors (Lipinski definition) is 1. The van der Waals surface area contributed by atoms with Gasteiger partial charge in [0.1, 0.15) is 30.5 Å². The summed E-state index contributed by atoms with van der Waals surface area (Å²) in [6, 6.07) is 28.2. The van der Waals surface area contributed by atoms with Gasteiger partial charge in [0, 0.05) is 22.7 Å². The number of amides is 1. The van der Waals surface area contributed by atoms with Crippen LogP contribution in [-0.2, 0) is 19.8 Å². The third kappa shape index (κ3) is 6.59. The van der Waals surface area contributed by atoms with E-state index in [9.17, 15) is 9.18 Å². The lowest BCUT2D eigenvalue weighted by atomic mass is 10.1. The molecule has 0 fully saturated rings. The van der Waals surface area contributed by atoms with Crippen molar-refractivity contribution in [3.8, 4) is 11.5 Å². The molecule has 0 bridgehead atoms. The summed E-state index contributed by atoms with van der Waals surface area (Å²) in [6.45, 7) is 1.05. The monoisotopic (exact) mass is 475 g/mol. The Morgan fingerprint density at radius 1 is 0.765 bits per heavy atom. The molecule has 4 aromatic carbocycles. The first kappa shape index (κ1) is 23.3. The predicted molar refractivity (Wildman–Crippen MR) is 131 cm³/mol. The second-order valence-electron chi connectivity index (χ2n) is 7.65. The zero-order valence-corrected chi connectivity index (χ0v) is 19.1. The summed E-state index contributed by atoms with van der Waals surface area (Å²) in [6.07, 6.45) is 0. The van der Waals surface area contributed by atoms with Gasteiger partial charge in [-0.2, -0.15) is 0 Å². The van der Waals surface area contributed by atoms with E-state index in [0.717, 1.165) is 16.7 Å². The van der Waals surface area contributed by atoms with Crippen molar-refractivity contribution in [3.63, 3.8) is 0 Å². The fraction of sp³-hybridized carbons (Fsp3) is 0.107. The lowest BCUT2D eigenvalue weighted by molar-refractivity contribution is 0.0950. The van der Waals surface area contributed by atoms with Crippen LogP contribution >= 0.6 is 11.6 Å². The van der Waals surface area contributed by atoms with E-state index in [1.54, 1.807) is 36.4 Å². The van der Waals surface area contributed by atoms with Gasteiger partial charge in [0.2, 0.25) is 0 Å². The van der Waals surface area contributed by atoms with Crippen LogP contribution in [0.15, 0.2) is 97.1 Å². The molecule has 1 N–H and O–H groups in total. The van der Waals surface area contributed by atoms with Gasteiger partial charge in [0.15, 0.2) is 0 Å². The zero-order chi connectivity index (χ0) is 23.8. The standard InChI is InChI=1S/C28H23ClFNO3/c29-27-7-2-1-4-23(27)19-34-26-6-3-5-22(16-26)28(32)31-17-20-10-14-25(15-11-20)33-18-21-8-12-24(30)13-9-21/h1-16H,17-19H2,(H,31,32). The van der Waals surface area contributed by atoms with Gasteiger partial charge >= 0.3 is 0 Å². The summed E-state index contributed by atoms with van der Waals surface area (Å²) < 4.78 is 24.5. The summed E-state index contributed by atoms with van der Waals surface area (Å²) in [4.78, 5) is 12.6. The van der Waals surface area contributed by atoms with Crippen LogP contribution < -0.4 is 14.8 Å². The molecular formula is C28H23ClFNO3. The highest BCUT2D eigenvalue weighted by atomic mass is 35.5. The van der Waals surface area contributed by atoms with Crippen molar-refractivity contribution in [2.45, 2.75) is 19.8 Å². The third-order valence-electron chi connectivity index (χ3n) is 5.14. The molecule has 4 rings (SSSR count). The van der Waals surface area contributed by atoms with Crippen LogP contribution in [0, 0.1) is 5.82 Å². The molecule has 0 saturated heterocycles. The molecule has 4 nitrogen and oxygen atoms in total. The molecule has 0 saturated carbocycles. The van der Waals surface area contributed by atoms with Crippen LogP contribution in [0.1, 0.15) is 27.0 Å². The second kappa shape index (κ2) is 11.3. The van der Waals surface area contributed by atoms with Gasteiger partial charge in [0.25, 0.3) is 5.91 Å². The first-order chi connectivity index (χ1) is 16.6. The maximum Gasteiger partial charge on any atom is 0.251 e. The Morgan fingerprint density at radius 3 is 2.24 bits per heavy atom. The highest BCUT2D eigenvalue weighted by molar-refractivity contribution is 6.31. The molecule has 0 unspecified atom stereocenters. The number of ether oxygens (including phenoxy) is 2. The van der Waals surface area contributed by atoms with Gasteiger partial charge in [-0.1, -0.05) is 60.1 Å². The first-order valence-electron chi connectivity index (χ1n) is 10.8. The molecule has 172 valence electrons. The fourth-order valence-corrected chi connectivity index (χ4v) is 3.43. The van der Waals surface area contributed by atoms with E-state index in [1.807, 2.05) is 48.5 Å². The summed E-state index contributed by atoms with van der Waals surface area (Å²) in [7, 11) is 0. The third-order valence-corrected chi connectivity index (χ3v) is 5.51. The number of carbonyl (C=O) groups is 1. The molecule has 0 heterocycles. The normalized spacial score (nSPS) is 10.5. The van der Waals surface area contributed by atoms with Crippen molar-refractivity contribution in [2.24, 2.45) is 0 Å². The molecule has 6 heteroatoms. The molecule has 4 aromatic rings. The molecule has 0 aliphatic rings. The van der Waals surface area contributed by atoms with Gasteiger partial charge in [-0.25, -0.2) is 4.39 Å². The van der Waals surface area contributed by atoms with Gasteiger partial charge in [-0.15, -0.1) is 0 Å². The minimum absolute atomic E-state index is 0.195. The maximum absolute atomic E-state index is 13.0. The number of hydrogen-bond acceptors (Lipinski definition) is 3. The van der Waals surface area contributed by atoms with Gasteiger partial charge in [-0.3, -0.25) is 4.79 Å². The minimum atomic E-state index is -0.272. The summed E-state index contributed by atoms with van der Waals surface area (Å²) in [5.74, 6) is 0.823. The van der Waals surface area contributed by atoms with Gasteiger partial charge in [-0.05, 0) is 59.7 Å². The molecule has 0 spiro atoms. The fourth-order valence-electron chi connectivity index (χ4n) is 3.24. The van der Waals surface area contributed by atoms with E-state index in [-0.39, 0.29) is 11.7 Å². The number of nitrogens with one attached hydrogen (secondary N) is 1. The van der Waals surface area contributed by atoms with Crippen LogP contribution in [-0.4, -0.2) is 5.91 Å². The summed E-state index contributed by atoms with van der Waals surface area (Å²) in [5, 5.41) is 3.56. The van der Waals surface area contributed by atoms with Gasteiger partial charge < -0.3 is 14.8 Å². The van der Waals surface area contributed by atoms with Crippen molar-refractivity contribution < 1.29 is 18.7 Å². The average molecular weight is 476 g/mol. The highest BCUT2D eigenvalue weighted by Crippen LogP contribution is 2.20. The molecule has 0 aromatic heterocycles. The van der Waals surface area contributed by atoms with Crippen LogP contribution in [0.25, 0.3) is 0 Å². The van der Waals surface area contributed by atoms with E-state index in [2.05, 4.69) is 5.32 Å². The van der Waals surface area contributed by atoms with Crippen LogP contribution in [0.2, 0.25) is 5.02 Å². The van der Waals surface area contributed by atoms with E-state index >= 15 is 0 Å². The quantitative estimate of drug-likeness (QED) is 0.298. The van der Waals surface area contributed by atoms with E-state index in [4.69, 9.17) is 21.1 Å². The van der Waals surface area contributed by atoms with Crippen molar-refractivity contribution >= 4 is 17.5 Å². The minimum Gasteiger partial charge on any atom is -0.489 e. The smallest absolute Gasteiger partial charge is 0.251 e. The largest absolute Gasteiger partial charge is 0.489 e. The van der Waals surface area contributed by atoms with E-state index in [0.29, 0.717) is 41.8 Å². The second-order valence-corrected chi connectivity index (χ2v) is 8.06. The Bertz CT molecular complexity index is 1240. The first-order valence-corrected chi connectivity index (χ1v) is 11.2. The highest BCUT2D eigenvalue weighted by Gasteiger charge is 2.08. The average Bonchev–Trinajstić information content (AvgIpc) is 2.87. The van der Waals surface area contributed by atoms with Crippen molar-refractivity contribution in [2.75, 3.05) is 0 Å². The van der Waals surface area contributed by atoms with Crippen LogP contribution in [0.3, 0.4) is 0 Å². The Hall–Kier alpha value is -3.83. The molecule has 0 aliphatic carbocycles. The van der Waals surface area contributed by atoms with Crippen LogP contribution in [0.5, 0.6) is 11.5 Å². The maximum atomic E-state index is 13.0. The number of rotatable bonds is 9. The van der Waals surface area contributed by atoms with E-state index < -0.39 is 0 Å². The molecule has 34 heavy (non-hydrogen) atoms. The Kier molecular flexibility index (Phi) is 7.79. The summed E-state index contributed by atoms with van der Waals surface area (Å²) >= 11 is 6.17. The lowest BCUT2D eigenvalue weighted by Gasteiger charge is -2.10. The summed E-state index contributed by atoms with van der Waals surface area (Å²) in [5.41, 5.74) is 3.21. The molecule has 0 aliphatic heterocycles. The van der Waals surface area contributed by atoms with Crippen LogP contribution in [0.4, 0.5) is 4.39 Å².